The Bertz CT molecular complexity index is 1450. The number of carbonyl (C=O) groups excluding carboxylic acids is 1. The topological polar surface area (TPSA) is 118 Å². The van der Waals surface area contributed by atoms with Crippen LogP contribution in [0.25, 0.3) is 11.0 Å². The van der Waals surface area contributed by atoms with E-state index in [1.54, 1.807) is 25.2 Å². The van der Waals surface area contributed by atoms with Gasteiger partial charge in [-0.3, -0.25) is 15.1 Å². The highest BCUT2D eigenvalue weighted by Crippen LogP contribution is 2.39. The summed E-state index contributed by atoms with van der Waals surface area (Å²) in [4.78, 5) is 24.9. The van der Waals surface area contributed by atoms with Crippen LogP contribution in [0, 0.1) is 11.6 Å². The molecular weight excluding hydrogens is 466 g/mol. The molecule has 0 spiro atoms. The number of rotatable bonds is 6. The van der Waals surface area contributed by atoms with Crippen LogP contribution in [0.4, 0.5) is 8.78 Å². The quantitative estimate of drug-likeness (QED) is 0.284. The van der Waals surface area contributed by atoms with E-state index in [-0.39, 0.29) is 28.5 Å². The van der Waals surface area contributed by atoms with Gasteiger partial charge in [0.1, 0.15) is 18.0 Å². The molecule has 0 aliphatic carbocycles. The molecule has 0 saturated carbocycles. The van der Waals surface area contributed by atoms with E-state index in [1.165, 1.54) is 59.4 Å². The first-order chi connectivity index (χ1) is 17.3. The Hall–Kier alpha value is -4.44. The summed E-state index contributed by atoms with van der Waals surface area (Å²) in [5.41, 5.74) is 4.23. The maximum Gasteiger partial charge on any atom is 0.258 e. The van der Waals surface area contributed by atoms with Gasteiger partial charge in [0.25, 0.3) is 5.91 Å². The first kappa shape index (κ1) is 24.7. The van der Waals surface area contributed by atoms with Gasteiger partial charge in [-0.15, -0.1) is 0 Å². The summed E-state index contributed by atoms with van der Waals surface area (Å²) in [7, 11) is 1.59. The molecule has 1 amide bonds. The molecule has 0 atom stereocenters. The van der Waals surface area contributed by atoms with Crippen molar-refractivity contribution >= 4 is 29.2 Å². The number of carbonyl (C=O) groups is 1. The number of fused-ring (bicyclic) bond motifs is 1. The number of aliphatic hydroxyl groups is 1. The minimum Gasteiger partial charge on any atom is -0.373 e. The summed E-state index contributed by atoms with van der Waals surface area (Å²) >= 11 is 0. The van der Waals surface area contributed by atoms with Crippen molar-refractivity contribution in [2.24, 2.45) is 22.8 Å². The first-order valence-electron chi connectivity index (χ1n) is 11.1. The molecule has 0 fully saturated rings. The number of nitrogens with one attached hydrogen (secondary N) is 1. The number of hydrogen-bond donors (Lipinski definition) is 3. The third-order valence-electron chi connectivity index (χ3n) is 5.70. The summed E-state index contributed by atoms with van der Waals surface area (Å²) in [6.45, 7) is 2.36. The zero-order valence-corrected chi connectivity index (χ0v) is 19.6. The highest BCUT2D eigenvalue weighted by molar-refractivity contribution is 6.07. The highest BCUT2D eigenvalue weighted by atomic mass is 19.1. The largest absolute Gasteiger partial charge is 0.373 e. The zero-order chi connectivity index (χ0) is 25.9. The molecule has 4 rings (SSSR count). The van der Waals surface area contributed by atoms with Crippen molar-refractivity contribution in [3.05, 3.63) is 101 Å². The number of nitrogens with two attached hydrogens (primary N) is 1. The van der Waals surface area contributed by atoms with Crippen LogP contribution in [0.15, 0.2) is 76.7 Å². The van der Waals surface area contributed by atoms with Gasteiger partial charge in [-0.2, -0.15) is 0 Å². The molecule has 0 radical (unpaired) electrons. The van der Waals surface area contributed by atoms with Gasteiger partial charge in [0.15, 0.2) is 11.4 Å². The molecule has 10 heteroatoms. The van der Waals surface area contributed by atoms with Crippen molar-refractivity contribution in [3.8, 4) is 0 Å². The fourth-order valence-electron chi connectivity index (χ4n) is 3.96. The summed E-state index contributed by atoms with van der Waals surface area (Å²) in [5.74, 6) is -2.13. The van der Waals surface area contributed by atoms with E-state index in [0.717, 1.165) is 0 Å². The van der Waals surface area contributed by atoms with E-state index in [4.69, 9.17) is 5.73 Å². The Kier molecular flexibility index (Phi) is 6.89. The predicted molar refractivity (Wildman–Crippen MR) is 134 cm³/mol. The molecule has 1 heterocycles. The van der Waals surface area contributed by atoms with Crippen LogP contribution < -0.4 is 11.1 Å². The molecule has 1 aromatic heterocycles. The Labute approximate surface area is 205 Å². The Morgan fingerprint density at radius 1 is 1.11 bits per heavy atom. The van der Waals surface area contributed by atoms with Gasteiger partial charge in [-0.25, -0.2) is 18.8 Å². The van der Waals surface area contributed by atoms with Crippen LogP contribution in [-0.2, 0) is 12.6 Å². The second-order valence-electron chi connectivity index (χ2n) is 7.95. The lowest BCUT2D eigenvalue weighted by atomic mass is 9.84. The van der Waals surface area contributed by atoms with Crippen LogP contribution in [0.1, 0.15) is 34.2 Å². The minimum atomic E-state index is -2.26. The third-order valence-corrected chi connectivity index (χ3v) is 5.70. The van der Waals surface area contributed by atoms with Gasteiger partial charge in [0.05, 0.1) is 11.0 Å². The van der Waals surface area contributed by atoms with Crippen LogP contribution in [0.3, 0.4) is 0 Å². The molecule has 4 aromatic rings. The number of nitrogens with zero attached hydrogens (tertiary/aromatic N) is 4. The number of benzene rings is 3. The molecule has 36 heavy (non-hydrogen) atoms. The normalized spacial score (nSPS) is 12.4. The van der Waals surface area contributed by atoms with Gasteiger partial charge < -0.3 is 15.4 Å². The number of aromatic nitrogens is 2. The molecule has 0 aliphatic rings. The summed E-state index contributed by atoms with van der Waals surface area (Å²) < 4.78 is 31.4. The second-order valence-corrected chi connectivity index (χ2v) is 7.95. The molecule has 0 saturated heterocycles. The van der Waals surface area contributed by atoms with Crippen LogP contribution in [0.5, 0.6) is 0 Å². The molecule has 0 bridgehead atoms. The molecule has 3 aromatic carbocycles. The van der Waals surface area contributed by atoms with E-state index >= 15 is 0 Å². The highest BCUT2D eigenvalue weighted by Gasteiger charge is 2.42. The number of halogens is 2. The monoisotopic (exact) mass is 490 g/mol. The number of hydrogen-bond acceptors (Lipinski definition) is 4. The van der Waals surface area contributed by atoms with Gasteiger partial charge in [-0.05, 0) is 37.3 Å². The van der Waals surface area contributed by atoms with Crippen molar-refractivity contribution in [2.75, 3.05) is 6.54 Å². The Balaban J connectivity index is 1.84. The zero-order valence-electron chi connectivity index (χ0n) is 19.6. The van der Waals surface area contributed by atoms with E-state index in [9.17, 15) is 18.7 Å². The van der Waals surface area contributed by atoms with E-state index in [2.05, 4.69) is 20.3 Å². The summed E-state index contributed by atoms with van der Waals surface area (Å²) in [6.07, 6.45) is 1.25. The number of amides is 1. The Morgan fingerprint density at radius 2 is 1.72 bits per heavy atom. The predicted octanol–water partition coefficient (Wildman–Crippen LogP) is 3.23. The molecule has 8 nitrogen and oxygen atoms in total. The molecule has 184 valence electrons. The summed E-state index contributed by atoms with van der Waals surface area (Å²) in [6, 6.07) is 15.8. The van der Waals surface area contributed by atoms with Crippen LogP contribution in [0.2, 0.25) is 0 Å². The average Bonchev–Trinajstić information content (AvgIpc) is 3.20. The molecule has 0 unspecified atom stereocenters. The van der Waals surface area contributed by atoms with Crippen molar-refractivity contribution in [2.45, 2.75) is 12.5 Å². The maximum absolute atomic E-state index is 15.0. The lowest BCUT2D eigenvalue weighted by molar-refractivity contribution is 0.0976. The van der Waals surface area contributed by atoms with Crippen molar-refractivity contribution < 1.29 is 18.7 Å². The molecular formula is C26H24F2N6O2. The van der Waals surface area contributed by atoms with Crippen molar-refractivity contribution in [3.63, 3.8) is 0 Å². The third kappa shape index (κ3) is 4.46. The lowest BCUT2D eigenvalue weighted by Crippen LogP contribution is -2.36. The lowest BCUT2D eigenvalue weighted by Gasteiger charge is -2.29. The molecule has 0 aliphatic heterocycles. The number of imidazole rings is 1. The SMILES string of the molecule is CCN=CN=C(N)NC(=O)c1ccc2nc(C(O)(c3ccccc3F)c3ccccc3F)n(C)c2c1. The first-order valence-corrected chi connectivity index (χ1v) is 11.1. The van der Waals surface area contributed by atoms with Gasteiger partial charge in [0.2, 0.25) is 5.96 Å². The molecule has 4 N–H and O–H groups in total. The number of guanidine groups is 1. The maximum atomic E-state index is 15.0. The number of aryl methyl sites for hydroxylation is 1. The van der Waals surface area contributed by atoms with Crippen molar-refractivity contribution in [1.82, 2.24) is 14.9 Å². The van der Waals surface area contributed by atoms with E-state index in [1.807, 2.05) is 6.92 Å². The standard InChI is InChI=1S/C26H24F2N6O2/c1-3-30-15-31-25(29)33-23(35)16-12-13-21-22(14-16)34(2)24(32-21)26(36,17-8-4-6-10-19(17)27)18-9-5-7-11-20(18)28/h4-15,36H,3H2,1-2H3,(H3,29,30,31,33,35). The Morgan fingerprint density at radius 3 is 2.31 bits per heavy atom. The fraction of sp³-hybridized carbons (Fsp3) is 0.154. The minimum absolute atomic E-state index is 0.0258. The fourth-order valence-corrected chi connectivity index (χ4v) is 3.96. The van der Waals surface area contributed by atoms with Crippen LogP contribution in [-0.4, -0.2) is 39.4 Å². The van der Waals surface area contributed by atoms with Gasteiger partial charge in [-0.1, -0.05) is 36.4 Å². The van der Waals surface area contributed by atoms with Crippen LogP contribution >= 0.6 is 0 Å². The van der Waals surface area contributed by atoms with E-state index < -0.39 is 23.1 Å². The van der Waals surface area contributed by atoms with Gasteiger partial charge >= 0.3 is 0 Å². The number of aliphatic imine (C=N–C) groups is 2. The van der Waals surface area contributed by atoms with Gasteiger partial charge in [0, 0.05) is 30.3 Å². The van der Waals surface area contributed by atoms with E-state index in [0.29, 0.717) is 17.6 Å². The van der Waals surface area contributed by atoms with Crippen molar-refractivity contribution in [1.29, 1.82) is 0 Å². The summed E-state index contributed by atoms with van der Waals surface area (Å²) in [5, 5.41) is 14.4. The smallest absolute Gasteiger partial charge is 0.258 e. The second kappa shape index (κ2) is 10.0. The average molecular weight is 491 g/mol.